The van der Waals surface area contributed by atoms with Crippen LogP contribution in [0.15, 0.2) is 116 Å². The number of rotatable bonds is 9. The maximum Gasteiger partial charge on any atom is 0.375 e. The lowest BCUT2D eigenvalue weighted by Crippen LogP contribution is -2.39. The van der Waals surface area contributed by atoms with Gasteiger partial charge < -0.3 is 13.7 Å². The van der Waals surface area contributed by atoms with E-state index in [1.165, 1.54) is 9.47 Å². The fourth-order valence-electron chi connectivity index (χ4n) is 5.21. The molecule has 47 heavy (non-hydrogen) atoms. The molecule has 2 heterocycles. The van der Waals surface area contributed by atoms with E-state index in [0.29, 0.717) is 34.5 Å². The van der Waals surface area contributed by atoms with Gasteiger partial charge in [0.2, 0.25) is 17.3 Å². The number of nitrogens with zero attached hydrogens (tertiary/aromatic N) is 2. The van der Waals surface area contributed by atoms with Gasteiger partial charge in [0, 0.05) is 21.1 Å². The molecule has 0 saturated carbocycles. The Hall–Kier alpha value is -3.79. The first-order chi connectivity index (χ1) is 22.3. The van der Waals surface area contributed by atoms with Gasteiger partial charge in [-0.3, -0.25) is 9.45 Å². The van der Waals surface area contributed by atoms with E-state index < -0.39 is 32.0 Å². The van der Waals surface area contributed by atoms with Crippen LogP contribution in [0.25, 0.3) is 39.4 Å². The first-order valence-electron chi connectivity index (χ1n) is 14.1. The minimum atomic E-state index is -4.73. The van der Waals surface area contributed by atoms with E-state index >= 15 is 0 Å². The predicted octanol–water partition coefficient (Wildman–Crippen LogP) is 7.46. The van der Waals surface area contributed by atoms with Crippen molar-refractivity contribution in [3.63, 3.8) is 0 Å². The Morgan fingerprint density at radius 3 is 2.02 bits per heavy atom. The van der Waals surface area contributed by atoms with Crippen LogP contribution < -0.4 is 14.2 Å². The van der Waals surface area contributed by atoms with E-state index in [9.17, 15) is 25.9 Å². The highest BCUT2D eigenvalue weighted by atomic mass is 79.9. The Kier molecular flexibility index (Phi) is 9.17. The summed E-state index contributed by atoms with van der Waals surface area (Å²) in [5.74, 6) is -1.05. The Morgan fingerprint density at radius 1 is 0.872 bits per heavy atom. The smallest absolute Gasteiger partial charge is 0.375 e. The molecule has 0 aliphatic carbocycles. The van der Waals surface area contributed by atoms with Gasteiger partial charge in [-0.15, -0.1) is 4.57 Å². The first kappa shape index (κ1) is 33.1. The minimum Gasteiger partial charge on any atom is -0.743 e. The van der Waals surface area contributed by atoms with Crippen molar-refractivity contribution in [1.82, 2.24) is 0 Å². The van der Waals surface area contributed by atoms with Crippen LogP contribution in [0.4, 0.5) is 5.69 Å². The minimum absolute atomic E-state index is 0.0930. The molecule has 0 atom stereocenters. The molecule has 242 valence electrons. The van der Waals surface area contributed by atoms with Crippen molar-refractivity contribution >= 4 is 75.0 Å². The van der Waals surface area contributed by atoms with Crippen LogP contribution in [0.5, 0.6) is 5.75 Å². The van der Waals surface area contributed by atoms with Gasteiger partial charge in [0.1, 0.15) is 0 Å². The van der Waals surface area contributed by atoms with Crippen molar-refractivity contribution < 1.29 is 39.7 Å². The summed E-state index contributed by atoms with van der Waals surface area (Å²) in [4.78, 5) is 1.34. The standard InChI is InChI=1S/C33H26Br2N2O8S2/c1-2-21(15-32-36(19-46(38,39)40)28-17-24(7-13-30(28)44-32)22-3-9-26(34)10-4-22)16-33-37(20-47(41,42)43)29-18-25(8-14-31(29)45-33)23-5-11-27(35)12-6-23/h3-18H,2,19-20H2,1H3,(H-,38,39,40,41,42,43). The second kappa shape index (κ2) is 13.0. The van der Waals surface area contributed by atoms with Crippen molar-refractivity contribution in [1.29, 1.82) is 0 Å². The molecular formula is C33H26Br2N2O8S2. The molecule has 0 radical (unpaired) electrons. The highest BCUT2D eigenvalue weighted by Crippen LogP contribution is 2.42. The largest absolute Gasteiger partial charge is 0.743 e. The molecule has 0 amide bonds. The van der Waals surface area contributed by atoms with Gasteiger partial charge in [-0.25, -0.2) is 8.42 Å². The predicted molar refractivity (Wildman–Crippen MR) is 185 cm³/mol. The van der Waals surface area contributed by atoms with Crippen molar-refractivity contribution in [2.24, 2.45) is 0 Å². The number of hydrogen-bond donors (Lipinski definition) is 1. The van der Waals surface area contributed by atoms with E-state index in [4.69, 9.17) is 9.15 Å². The fourth-order valence-corrected chi connectivity index (χ4v) is 6.92. The number of fused-ring (bicyclic) bond motifs is 2. The SMILES string of the molecule is CCC(=C/c1oc2ccc(-c3ccc(Br)cc3)cc2[n+]1CS(=O)(=O)[O-])/C=C1/Oc2ccc(-c3ccc(Br)cc3)cc2N1CS(=O)(=O)O. The van der Waals surface area contributed by atoms with Gasteiger partial charge in [-0.05, 0) is 76.7 Å². The molecule has 4 aromatic carbocycles. The molecule has 0 unspecified atom stereocenters. The number of hydrogen-bond acceptors (Lipinski definition) is 8. The summed E-state index contributed by atoms with van der Waals surface area (Å²) < 4.78 is 85.3. The van der Waals surface area contributed by atoms with Crippen molar-refractivity contribution in [3.05, 3.63) is 117 Å². The average molecular weight is 803 g/mol. The lowest BCUT2D eigenvalue weighted by molar-refractivity contribution is -0.658. The van der Waals surface area contributed by atoms with Crippen LogP contribution in [-0.2, 0) is 26.1 Å². The molecular weight excluding hydrogens is 776 g/mol. The summed E-state index contributed by atoms with van der Waals surface area (Å²) >= 11 is 6.85. The van der Waals surface area contributed by atoms with E-state index in [0.717, 1.165) is 31.2 Å². The Balaban J connectivity index is 1.43. The maximum absolute atomic E-state index is 12.1. The van der Waals surface area contributed by atoms with Crippen LogP contribution in [0.2, 0.25) is 0 Å². The summed E-state index contributed by atoms with van der Waals surface area (Å²) in [6, 6.07) is 25.8. The summed E-state index contributed by atoms with van der Waals surface area (Å²) in [7, 11) is -9.22. The van der Waals surface area contributed by atoms with Gasteiger partial charge >= 0.3 is 5.89 Å². The first-order valence-corrected chi connectivity index (χ1v) is 18.9. The molecule has 0 bridgehead atoms. The number of halogens is 2. The van der Waals surface area contributed by atoms with Crippen LogP contribution in [0, 0.1) is 0 Å². The molecule has 0 saturated heterocycles. The second-order valence-electron chi connectivity index (χ2n) is 10.7. The molecule has 1 aliphatic heterocycles. The molecule has 6 rings (SSSR count). The van der Waals surface area contributed by atoms with E-state index in [-0.39, 0.29) is 11.8 Å². The van der Waals surface area contributed by atoms with Gasteiger partial charge in [-0.2, -0.15) is 8.42 Å². The van der Waals surface area contributed by atoms with Crippen LogP contribution in [0.3, 0.4) is 0 Å². The van der Waals surface area contributed by atoms with Gasteiger partial charge in [0.15, 0.2) is 21.7 Å². The third-order valence-electron chi connectivity index (χ3n) is 7.42. The molecule has 14 heteroatoms. The molecule has 5 aromatic rings. The quantitative estimate of drug-likeness (QED) is 0.119. The molecule has 0 fully saturated rings. The maximum atomic E-state index is 12.1. The zero-order chi connectivity index (χ0) is 33.5. The second-order valence-corrected chi connectivity index (χ2v) is 15.4. The lowest BCUT2D eigenvalue weighted by Gasteiger charge is -2.17. The Labute approximate surface area is 288 Å². The molecule has 10 nitrogen and oxygen atoms in total. The van der Waals surface area contributed by atoms with Gasteiger partial charge in [0.05, 0.1) is 11.8 Å². The molecule has 1 N–H and O–H groups in total. The van der Waals surface area contributed by atoms with E-state index in [1.807, 2.05) is 67.6 Å². The number of aromatic nitrogens is 1. The Bertz CT molecular complexity index is 2280. The summed E-state index contributed by atoms with van der Waals surface area (Å²) in [5, 5.41) is 0. The lowest BCUT2D eigenvalue weighted by atomic mass is 10.0. The van der Waals surface area contributed by atoms with Crippen molar-refractivity contribution in [2.75, 3.05) is 10.8 Å². The number of ether oxygens (including phenoxy) is 1. The number of benzene rings is 4. The van der Waals surface area contributed by atoms with Crippen molar-refractivity contribution in [2.45, 2.75) is 19.2 Å². The molecule has 1 aliphatic rings. The summed E-state index contributed by atoms with van der Waals surface area (Å²) in [6.07, 6.45) is 3.54. The van der Waals surface area contributed by atoms with Crippen LogP contribution in [-0.4, -0.2) is 31.8 Å². The zero-order valence-corrected chi connectivity index (χ0v) is 29.4. The van der Waals surface area contributed by atoms with Crippen LogP contribution >= 0.6 is 31.9 Å². The third-order valence-corrected chi connectivity index (χ3v) is 9.64. The summed E-state index contributed by atoms with van der Waals surface area (Å²) in [6.45, 7) is 1.84. The number of anilines is 1. The highest BCUT2D eigenvalue weighted by molar-refractivity contribution is 9.10. The van der Waals surface area contributed by atoms with Crippen molar-refractivity contribution in [3.8, 4) is 28.0 Å². The topological polar surface area (TPSA) is 141 Å². The average Bonchev–Trinajstić information content (AvgIpc) is 3.51. The number of oxazole rings is 1. The molecule has 1 aromatic heterocycles. The van der Waals surface area contributed by atoms with Gasteiger partial charge in [-0.1, -0.05) is 75.2 Å². The van der Waals surface area contributed by atoms with E-state index in [1.54, 1.807) is 36.4 Å². The fraction of sp³-hybridized carbons (Fsp3) is 0.121. The monoisotopic (exact) mass is 800 g/mol. The van der Waals surface area contributed by atoms with Crippen LogP contribution in [0.1, 0.15) is 19.2 Å². The normalized spacial score (nSPS) is 14.5. The molecule has 0 spiro atoms. The third kappa shape index (κ3) is 7.69. The Morgan fingerprint density at radius 2 is 1.45 bits per heavy atom. The van der Waals surface area contributed by atoms with E-state index in [2.05, 4.69) is 31.9 Å². The highest BCUT2D eigenvalue weighted by Gasteiger charge is 2.31. The van der Waals surface area contributed by atoms with Gasteiger partial charge in [0.25, 0.3) is 15.6 Å². The summed E-state index contributed by atoms with van der Waals surface area (Å²) in [5.41, 5.74) is 5.12. The number of allylic oxidation sites excluding steroid dienone is 2. The zero-order valence-electron chi connectivity index (χ0n) is 24.6.